The van der Waals surface area contributed by atoms with Gasteiger partial charge in [0.2, 0.25) is 0 Å². The highest BCUT2D eigenvalue weighted by Crippen LogP contribution is 2.34. The van der Waals surface area contributed by atoms with Gasteiger partial charge in [-0.25, -0.2) is 8.78 Å². The van der Waals surface area contributed by atoms with Gasteiger partial charge in [0.1, 0.15) is 11.9 Å². The molecule has 2 aliphatic rings. The summed E-state index contributed by atoms with van der Waals surface area (Å²) in [4.78, 5) is 24.7. The molecule has 6 nitrogen and oxygen atoms in total. The highest BCUT2D eigenvalue weighted by atomic mass is 19.3. The maximum Gasteiger partial charge on any atom is 0.263 e. The lowest BCUT2D eigenvalue weighted by molar-refractivity contribution is -0.0762. The van der Waals surface area contributed by atoms with Gasteiger partial charge >= 0.3 is 0 Å². The zero-order valence-electron chi connectivity index (χ0n) is 16.2. The fraction of sp³-hybridized carbons (Fsp3) is 0.600. The first-order valence-corrected chi connectivity index (χ1v) is 9.74. The van der Waals surface area contributed by atoms with E-state index in [0.717, 1.165) is 5.56 Å². The molecule has 2 amide bonds. The Morgan fingerprint density at radius 1 is 1.32 bits per heavy atom. The number of halogens is 2. The second-order valence-corrected chi connectivity index (χ2v) is 7.55. The van der Waals surface area contributed by atoms with Crippen molar-refractivity contribution in [2.24, 2.45) is 5.92 Å². The average Bonchev–Trinajstić information content (AvgIpc) is 3.04. The van der Waals surface area contributed by atoms with Crippen LogP contribution in [0.1, 0.15) is 52.5 Å². The second-order valence-electron chi connectivity index (χ2n) is 7.55. The Bertz CT molecular complexity index is 754. The van der Waals surface area contributed by atoms with Gasteiger partial charge in [-0.15, -0.1) is 0 Å². The summed E-state index contributed by atoms with van der Waals surface area (Å²) in [5.41, 5.74) is 1.54. The fourth-order valence-corrected chi connectivity index (χ4v) is 3.86. The SMILES string of the molecule is CNC(=O)c1cc(C(=O)NCCCC2CCNCC2(F)F)cc2c1OC(C)C2. The largest absolute Gasteiger partial charge is 0.489 e. The summed E-state index contributed by atoms with van der Waals surface area (Å²) in [6, 6.07) is 3.26. The van der Waals surface area contributed by atoms with Gasteiger partial charge in [0.15, 0.2) is 0 Å². The van der Waals surface area contributed by atoms with Crippen molar-refractivity contribution in [3.8, 4) is 5.75 Å². The van der Waals surface area contributed by atoms with Crippen LogP contribution in [0, 0.1) is 5.92 Å². The molecule has 0 saturated carbocycles. The maximum absolute atomic E-state index is 13.8. The Labute approximate surface area is 163 Å². The summed E-state index contributed by atoms with van der Waals surface area (Å²) in [7, 11) is 1.52. The van der Waals surface area contributed by atoms with E-state index in [1.165, 1.54) is 13.1 Å². The van der Waals surface area contributed by atoms with E-state index in [-0.39, 0.29) is 24.5 Å². The molecule has 2 unspecified atom stereocenters. The standard InChI is InChI=1S/C20H27F2N3O3/c1-12-8-13-9-14(10-16(17(13)28-12)19(27)23-2)18(26)25-6-3-4-15-5-7-24-11-20(15,21)22/h9-10,12,15,24H,3-8,11H2,1-2H3,(H,23,27)(H,25,26). The summed E-state index contributed by atoms with van der Waals surface area (Å²) in [6.45, 7) is 2.55. The predicted molar refractivity (Wildman–Crippen MR) is 101 cm³/mol. The first kappa shape index (κ1) is 20.5. The lowest BCUT2D eigenvalue weighted by Crippen LogP contribution is -2.46. The first-order chi connectivity index (χ1) is 13.3. The van der Waals surface area contributed by atoms with E-state index in [1.54, 1.807) is 6.07 Å². The Morgan fingerprint density at radius 3 is 2.82 bits per heavy atom. The highest BCUT2D eigenvalue weighted by molar-refractivity contribution is 6.02. The van der Waals surface area contributed by atoms with E-state index in [9.17, 15) is 18.4 Å². The molecule has 1 aromatic rings. The number of rotatable bonds is 6. The number of alkyl halides is 2. The van der Waals surface area contributed by atoms with Crippen molar-refractivity contribution in [1.29, 1.82) is 0 Å². The summed E-state index contributed by atoms with van der Waals surface area (Å²) < 4.78 is 33.4. The van der Waals surface area contributed by atoms with Crippen LogP contribution in [0.2, 0.25) is 0 Å². The number of carbonyl (C=O) groups excluding carboxylic acids is 2. The maximum atomic E-state index is 13.8. The molecule has 3 rings (SSSR count). The third kappa shape index (κ3) is 4.43. The van der Waals surface area contributed by atoms with Crippen molar-refractivity contribution >= 4 is 11.8 Å². The molecule has 28 heavy (non-hydrogen) atoms. The van der Waals surface area contributed by atoms with Crippen LogP contribution in [0.3, 0.4) is 0 Å². The van der Waals surface area contributed by atoms with Crippen molar-refractivity contribution in [3.63, 3.8) is 0 Å². The predicted octanol–water partition coefficient (Wildman–Crippen LogP) is 2.12. The molecule has 1 fully saturated rings. The molecule has 2 heterocycles. The highest BCUT2D eigenvalue weighted by Gasteiger charge is 2.40. The molecule has 8 heteroatoms. The molecule has 2 atom stereocenters. The Morgan fingerprint density at radius 2 is 2.11 bits per heavy atom. The topological polar surface area (TPSA) is 79.5 Å². The number of ether oxygens (including phenoxy) is 1. The van der Waals surface area contributed by atoms with Crippen LogP contribution in [-0.4, -0.2) is 50.5 Å². The van der Waals surface area contributed by atoms with Crippen molar-refractivity contribution in [3.05, 3.63) is 28.8 Å². The Kier molecular flexibility index (Phi) is 6.17. The number of fused-ring (bicyclic) bond motifs is 1. The van der Waals surface area contributed by atoms with Crippen molar-refractivity contribution < 1.29 is 23.1 Å². The smallest absolute Gasteiger partial charge is 0.263 e. The van der Waals surface area contributed by atoms with Gasteiger partial charge in [-0.1, -0.05) is 0 Å². The van der Waals surface area contributed by atoms with E-state index >= 15 is 0 Å². The van der Waals surface area contributed by atoms with Crippen LogP contribution in [0.4, 0.5) is 8.78 Å². The van der Waals surface area contributed by atoms with Crippen molar-refractivity contribution in [1.82, 2.24) is 16.0 Å². The van der Waals surface area contributed by atoms with Crippen LogP contribution >= 0.6 is 0 Å². The Balaban J connectivity index is 1.60. The quantitative estimate of drug-likeness (QED) is 0.645. The molecule has 0 spiro atoms. The third-order valence-corrected chi connectivity index (χ3v) is 5.37. The van der Waals surface area contributed by atoms with E-state index in [0.29, 0.717) is 55.6 Å². The molecule has 0 bridgehead atoms. The van der Waals surface area contributed by atoms with E-state index < -0.39 is 11.8 Å². The van der Waals surface area contributed by atoms with Crippen LogP contribution in [0.15, 0.2) is 12.1 Å². The van der Waals surface area contributed by atoms with E-state index in [1.807, 2.05) is 6.92 Å². The molecule has 0 aromatic heterocycles. The molecular formula is C20H27F2N3O3. The number of hydrogen-bond donors (Lipinski definition) is 3. The molecular weight excluding hydrogens is 368 g/mol. The van der Waals surface area contributed by atoms with E-state index in [2.05, 4.69) is 16.0 Å². The van der Waals surface area contributed by atoms with Gasteiger partial charge in [-0.05, 0) is 50.4 Å². The van der Waals surface area contributed by atoms with Crippen LogP contribution in [-0.2, 0) is 6.42 Å². The minimum absolute atomic E-state index is 0.0524. The number of amides is 2. The molecule has 0 radical (unpaired) electrons. The number of nitrogens with one attached hydrogen (secondary N) is 3. The van der Waals surface area contributed by atoms with Gasteiger partial charge in [0, 0.05) is 31.5 Å². The van der Waals surface area contributed by atoms with Gasteiger partial charge in [0.05, 0.1) is 12.1 Å². The van der Waals surface area contributed by atoms with E-state index in [4.69, 9.17) is 4.74 Å². The summed E-state index contributed by atoms with van der Waals surface area (Å²) in [5, 5.41) is 8.06. The van der Waals surface area contributed by atoms with Crippen LogP contribution in [0.25, 0.3) is 0 Å². The monoisotopic (exact) mass is 395 g/mol. The number of benzene rings is 1. The zero-order chi connectivity index (χ0) is 20.3. The van der Waals surface area contributed by atoms with Gasteiger partial charge in [0.25, 0.3) is 17.7 Å². The summed E-state index contributed by atoms with van der Waals surface area (Å²) >= 11 is 0. The van der Waals surface area contributed by atoms with Gasteiger partial charge in [-0.3, -0.25) is 9.59 Å². The van der Waals surface area contributed by atoms with Crippen molar-refractivity contribution in [2.45, 2.75) is 44.6 Å². The lowest BCUT2D eigenvalue weighted by atomic mass is 9.89. The Hall–Kier alpha value is -2.22. The fourth-order valence-electron chi connectivity index (χ4n) is 3.86. The minimum atomic E-state index is -2.69. The molecule has 154 valence electrons. The number of hydrogen-bond acceptors (Lipinski definition) is 4. The second kappa shape index (κ2) is 8.43. The average molecular weight is 395 g/mol. The minimum Gasteiger partial charge on any atom is -0.489 e. The van der Waals surface area contributed by atoms with Gasteiger partial charge < -0.3 is 20.7 Å². The first-order valence-electron chi connectivity index (χ1n) is 9.74. The molecule has 1 aromatic carbocycles. The zero-order valence-corrected chi connectivity index (χ0v) is 16.2. The summed E-state index contributed by atoms with van der Waals surface area (Å²) in [6.07, 6.45) is 1.88. The van der Waals surface area contributed by atoms with Gasteiger partial charge in [-0.2, -0.15) is 0 Å². The molecule has 2 aliphatic heterocycles. The number of carbonyl (C=O) groups is 2. The van der Waals surface area contributed by atoms with Crippen LogP contribution in [0.5, 0.6) is 5.75 Å². The third-order valence-electron chi connectivity index (χ3n) is 5.37. The van der Waals surface area contributed by atoms with Crippen LogP contribution < -0.4 is 20.7 Å². The van der Waals surface area contributed by atoms with Crippen molar-refractivity contribution in [2.75, 3.05) is 26.7 Å². The molecule has 3 N–H and O–H groups in total. The lowest BCUT2D eigenvalue weighted by Gasteiger charge is -2.31. The summed E-state index contributed by atoms with van der Waals surface area (Å²) in [5.74, 6) is -3.44. The molecule has 1 saturated heterocycles. The normalized spacial score (nSPS) is 22.9. The molecule has 0 aliphatic carbocycles. The number of piperidine rings is 1.